The van der Waals surface area contributed by atoms with Crippen LogP contribution in [-0.2, 0) is 12.8 Å². The summed E-state index contributed by atoms with van der Waals surface area (Å²) in [6.45, 7) is 4.62. The van der Waals surface area contributed by atoms with Gasteiger partial charge >= 0.3 is 0 Å². The molecule has 2 aliphatic rings. The average molecular weight is 904 g/mol. The van der Waals surface area contributed by atoms with Crippen LogP contribution >= 0.6 is 58.3 Å². The largest absolute Gasteiger partial charge is 0.357 e. The van der Waals surface area contributed by atoms with Gasteiger partial charge in [-0.05, 0) is 121 Å². The van der Waals surface area contributed by atoms with E-state index in [2.05, 4.69) is 36.2 Å². The minimum Gasteiger partial charge on any atom is -0.357 e. The molecule has 0 unspecified atom stereocenters. The first kappa shape index (κ1) is 43.5. The highest BCUT2D eigenvalue weighted by Gasteiger charge is 2.20. The summed E-state index contributed by atoms with van der Waals surface area (Å²) in [6, 6.07) is 25.0. The van der Waals surface area contributed by atoms with Gasteiger partial charge in [0.1, 0.15) is 17.5 Å². The molecule has 0 aliphatic carbocycles. The number of fused-ring (bicyclic) bond motifs is 2. The molecule has 2 saturated heterocycles. The third kappa shape index (κ3) is 10.3. The van der Waals surface area contributed by atoms with Crippen molar-refractivity contribution in [3.63, 3.8) is 0 Å². The van der Waals surface area contributed by atoms with Crippen LogP contribution in [0.2, 0.25) is 10.0 Å². The Kier molecular flexibility index (Phi) is 14.7. The molecule has 1 N–H and O–H groups in total. The molecule has 4 aromatic carbocycles. The van der Waals surface area contributed by atoms with Gasteiger partial charge in [0.05, 0.1) is 31.5 Å². The third-order valence-corrected chi connectivity index (χ3v) is 12.3. The van der Waals surface area contributed by atoms with E-state index >= 15 is 8.78 Å². The summed E-state index contributed by atoms with van der Waals surface area (Å²) >= 11 is 15.2. The monoisotopic (exact) mass is 902 g/mol. The summed E-state index contributed by atoms with van der Waals surface area (Å²) in [5, 5.41) is 4.34. The number of anilines is 1. The van der Waals surface area contributed by atoms with E-state index in [4.69, 9.17) is 23.2 Å². The van der Waals surface area contributed by atoms with Crippen LogP contribution in [0, 0.1) is 17.6 Å². The van der Waals surface area contributed by atoms with E-state index in [9.17, 15) is 4.39 Å². The van der Waals surface area contributed by atoms with Gasteiger partial charge in [0.2, 0.25) is 5.95 Å². The number of rotatable bonds is 7. The van der Waals surface area contributed by atoms with E-state index in [0.29, 0.717) is 61.7 Å². The van der Waals surface area contributed by atoms with Crippen molar-refractivity contribution >= 4 is 84.5 Å². The third-order valence-electron chi connectivity index (χ3n) is 10.3. The highest BCUT2D eigenvalue weighted by atomic mass is 35.5. The van der Waals surface area contributed by atoms with E-state index in [1.165, 1.54) is 73.7 Å². The molecule has 0 saturated carbocycles. The lowest BCUT2D eigenvalue weighted by Gasteiger charge is -2.16. The maximum Gasteiger partial charge on any atom is 0.212 e. The van der Waals surface area contributed by atoms with Crippen LogP contribution in [0.4, 0.5) is 19.0 Å². The number of hydrogen-bond acceptors (Lipinski definition) is 8. The number of benzene rings is 4. The van der Waals surface area contributed by atoms with Gasteiger partial charge in [0.15, 0.2) is 0 Å². The van der Waals surface area contributed by atoms with Gasteiger partial charge in [-0.1, -0.05) is 59.6 Å². The van der Waals surface area contributed by atoms with Gasteiger partial charge in [-0.3, -0.25) is 0 Å². The molecule has 0 amide bonds. The van der Waals surface area contributed by atoms with Crippen molar-refractivity contribution in [3.05, 3.63) is 158 Å². The highest BCUT2D eigenvalue weighted by molar-refractivity contribution is 7.17. The van der Waals surface area contributed by atoms with Crippen LogP contribution in [0.25, 0.3) is 42.7 Å². The zero-order chi connectivity index (χ0) is 40.7. The fourth-order valence-electron chi connectivity index (χ4n) is 7.37. The van der Waals surface area contributed by atoms with Crippen molar-refractivity contribution in [2.24, 2.45) is 0 Å². The van der Waals surface area contributed by atoms with Crippen molar-refractivity contribution in [1.82, 2.24) is 25.3 Å². The summed E-state index contributed by atoms with van der Waals surface area (Å²) < 4.78 is 45.7. The molecule has 0 radical (unpaired) electrons. The van der Waals surface area contributed by atoms with Gasteiger partial charge in [0.25, 0.3) is 0 Å². The summed E-state index contributed by atoms with van der Waals surface area (Å²) in [5.41, 5.74) is 10.0. The summed E-state index contributed by atoms with van der Waals surface area (Å²) in [6.07, 6.45) is 9.31. The van der Waals surface area contributed by atoms with Crippen LogP contribution in [-0.4, -0.2) is 46.1 Å². The van der Waals surface area contributed by atoms with Crippen molar-refractivity contribution < 1.29 is 13.2 Å². The average Bonchev–Trinajstić information content (AvgIpc) is 4.10. The van der Waals surface area contributed by atoms with Gasteiger partial charge in [0, 0.05) is 59.5 Å². The van der Waals surface area contributed by atoms with Crippen LogP contribution in [0.1, 0.15) is 47.9 Å². The molecule has 0 bridgehead atoms. The molecular formula is C46H40Cl3F3N6S2. The first-order valence-electron chi connectivity index (χ1n) is 19.4. The van der Waals surface area contributed by atoms with Crippen LogP contribution < -0.4 is 10.2 Å². The Morgan fingerprint density at radius 1 is 0.600 bits per heavy atom. The van der Waals surface area contributed by atoms with Gasteiger partial charge in [-0.25, -0.2) is 28.7 Å². The number of halogens is 6. The summed E-state index contributed by atoms with van der Waals surface area (Å²) in [4.78, 5) is 19.3. The highest BCUT2D eigenvalue weighted by Crippen LogP contribution is 2.38. The second kappa shape index (κ2) is 20.3. The topological polar surface area (TPSA) is 66.8 Å². The van der Waals surface area contributed by atoms with Gasteiger partial charge in [-0.15, -0.1) is 35.1 Å². The molecule has 2 fully saturated rings. The van der Waals surface area contributed by atoms with E-state index in [0.717, 1.165) is 45.0 Å². The number of pyridine rings is 2. The zero-order valence-corrected chi connectivity index (χ0v) is 36.3. The van der Waals surface area contributed by atoms with Gasteiger partial charge in [-0.2, -0.15) is 4.39 Å². The number of thiazole rings is 2. The number of hydrogen-bond donors (Lipinski definition) is 1. The normalized spacial score (nSPS) is 13.4. The second-order valence-corrected chi connectivity index (χ2v) is 17.0. The molecule has 8 aromatic rings. The number of nitrogens with one attached hydrogen (secondary N) is 1. The fraction of sp³-hybridized carbons (Fsp3) is 0.217. The second-order valence-electron chi connectivity index (χ2n) is 14.4. The van der Waals surface area contributed by atoms with E-state index < -0.39 is 5.95 Å². The Labute approximate surface area is 370 Å². The van der Waals surface area contributed by atoms with Crippen molar-refractivity contribution in [1.29, 1.82) is 0 Å². The van der Waals surface area contributed by atoms with Crippen LogP contribution in [0.3, 0.4) is 0 Å². The Morgan fingerprint density at radius 3 is 1.55 bits per heavy atom. The summed E-state index contributed by atoms with van der Waals surface area (Å²) in [5.74, 6) is -0.134. The maximum absolute atomic E-state index is 15.6. The molecule has 308 valence electrons. The molecular weight excluding hydrogens is 864 g/mol. The van der Waals surface area contributed by atoms with Crippen LogP contribution in [0.5, 0.6) is 0 Å². The maximum atomic E-state index is 15.6. The molecule has 4 aromatic heterocycles. The SMILES string of the molecule is C1CCNC1.Cl.Fc1c(Cc2ccc(N3CCCC3)nc2)cc2scnc2c1-c1cccc(Cl)c1.Fc1ccc(Cc2cc3scnc3c(-c3cccc(Cl)c3)c2F)cn1. The smallest absolute Gasteiger partial charge is 0.212 e. The molecule has 60 heavy (non-hydrogen) atoms. The Bertz CT molecular complexity index is 2670. The number of nitrogens with zero attached hydrogens (tertiary/aromatic N) is 5. The van der Waals surface area contributed by atoms with Gasteiger partial charge < -0.3 is 10.2 Å². The van der Waals surface area contributed by atoms with Crippen molar-refractivity contribution in [2.75, 3.05) is 31.1 Å². The molecule has 14 heteroatoms. The lowest BCUT2D eigenvalue weighted by Crippen LogP contribution is -2.18. The van der Waals surface area contributed by atoms with E-state index in [1.807, 2.05) is 36.5 Å². The minimum absolute atomic E-state index is 0. The van der Waals surface area contributed by atoms with Crippen molar-refractivity contribution in [2.45, 2.75) is 38.5 Å². The lowest BCUT2D eigenvalue weighted by molar-refractivity contribution is 0.582. The first-order chi connectivity index (χ1) is 28.8. The Balaban J connectivity index is 0.000000161. The quantitative estimate of drug-likeness (QED) is 0.161. The summed E-state index contributed by atoms with van der Waals surface area (Å²) in [7, 11) is 0. The number of aromatic nitrogens is 4. The lowest BCUT2D eigenvalue weighted by atomic mass is 9.97. The molecule has 10 rings (SSSR count). The predicted octanol–water partition coefficient (Wildman–Crippen LogP) is 13.0. The standard InChI is InChI=1S/C23H19ClFN3S.C19H11ClF2N2S.C4H9N.ClH/c24-18-5-3-4-16(11-18)21-22(25)17(12-19-23(21)27-14-29-19)10-15-6-7-20(26-13-15)28-8-1-2-9-28;20-14-3-1-2-12(7-14)17-18(22)13(8-15-19(17)24-10-25-15)6-11-4-5-16(21)23-9-11;1-2-4-5-3-1;/h3-7,11-14H,1-2,8-10H2;1-5,7-10H,6H2;5H,1-4H2;1H. The molecule has 0 atom stereocenters. The predicted molar refractivity (Wildman–Crippen MR) is 245 cm³/mol. The first-order valence-corrected chi connectivity index (χ1v) is 21.9. The van der Waals surface area contributed by atoms with E-state index in [-0.39, 0.29) is 24.0 Å². The molecule has 2 aliphatic heterocycles. The zero-order valence-electron chi connectivity index (χ0n) is 32.3. The van der Waals surface area contributed by atoms with Crippen molar-refractivity contribution in [3.8, 4) is 22.3 Å². The minimum atomic E-state index is -0.554. The fourth-order valence-corrected chi connectivity index (χ4v) is 9.24. The van der Waals surface area contributed by atoms with Crippen LogP contribution in [0.15, 0.2) is 108 Å². The molecule has 6 heterocycles. The Morgan fingerprint density at radius 2 is 1.12 bits per heavy atom. The molecule has 0 spiro atoms. The molecule has 6 nitrogen and oxygen atoms in total. The van der Waals surface area contributed by atoms with E-state index in [1.54, 1.807) is 53.5 Å². The Hall–Kier alpha value is -4.62.